The summed E-state index contributed by atoms with van der Waals surface area (Å²) in [5, 5.41) is 2.18. The molecule has 1 aromatic heterocycles. The van der Waals surface area contributed by atoms with Gasteiger partial charge in [0.25, 0.3) is 0 Å². The van der Waals surface area contributed by atoms with Crippen molar-refractivity contribution in [1.82, 2.24) is 4.90 Å². The van der Waals surface area contributed by atoms with Crippen molar-refractivity contribution in [3.63, 3.8) is 0 Å². The van der Waals surface area contributed by atoms with Crippen molar-refractivity contribution in [3.8, 4) is 0 Å². The van der Waals surface area contributed by atoms with Gasteiger partial charge in [0.2, 0.25) is 0 Å². The molecule has 30 heavy (non-hydrogen) atoms. The Balaban J connectivity index is 1.75. The molecule has 3 aromatic carbocycles. The number of benzene rings is 3. The van der Waals surface area contributed by atoms with E-state index in [1.165, 1.54) is 27.1 Å². The highest BCUT2D eigenvalue weighted by Crippen LogP contribution is 2.44. The van der Waals surface area contributed by atoms with Gasteiger partial charge in [-0.1, -0.05) is 91.0 Å². The molecule has 0 radical (unpaired) electrons. The molecule has 1 aliphatic rings. The fourth-order valence-corrected chi connectivity index (χ4v) is 5.88. The van der Waals surface area contributed by atoms with Crippen LogP contribution in [0.1, 0.15) is 33.2 Å². The second-order valence-corrected chi connectivity index (χ2v) is 8.91. The van der Waals surface area contributed by atoms with Crippen LogP contribution in [0.15, 0.2) is 102 Å². The van der Waals surface area contributed by atoms with E-state index in [9.17, 15) is 0 Å². The Morgan fingerprint density at radius 3 is 1.73 bits per heavy atom. The summed E-state index contributed by atoms with van der Waals surface area (Å²) in [7, 11) is 0. The zero-order chi connectivity index (χ0) is 20.4. The second-order valence-electron chi connectivity index (χ2n) is 7.91. The molecule has 0 amide bonds. The molecule has 0 saturated heterocycles. The van der Waals surface area contributed by atoms with Crippen LogP contribution in [0.5, 0.6) is 0 Å². The van der Waals surface area contributed by atoms with E-state index in [0.29, 0.717) is 0 Å². The maximum atomic E-state index is 6.78. The minimum absolute atomic E-state index is 0.00395. The smallest absolute Gasteiger partial charge is 0.0973 e. The lowest BCUT2D eigenvalue weighted by Gasteiger charge is -2.46. The first-order valence-electron chi connectivity index (χ1n) is 10.5. The molecule has 1 aliphatic heterocycles. The Morgan fingerprint density at radius 2 is 1.23 bits per heavy atom. The molecule has 2 heterocycles. The quantitative estimate of drug-likeness (QED) is 0.444. The molecule has 0 bridgehead atoms. The van der Waals surface area contributed by atoms with E-state index in [-0.39, 0.29) is 6.04 Å². The molecule has 1 atom stereocenters. The third-order valence-corrected chi connectivity index (χ3v) is 7.25. The average molecular weight is 411 g/mol. The first kappa shape index (κ1) is 19.3. The number of nitrogens with two attached hydrogens (primary N) is 1. The topological polar surface area (TPSA) is 29.3 Å². The Morgan fingerprint density at radius 1 is 0.733 bits per heavy atom. The van der Waals surface area contributed by atoms with E-state index in [4.69, 9.17) is 5.73 Å². The van der Waals surface area contributed by atoms with Crippen molar-refractivity contribution in [3.05, 3.63) is 130 Å². The molecule has 0 saturated carbocycles. The molecule has 3 heteroatoms. The van der Waals surface area contributed by atoms with Crippen LogP contribution >= 0.6 is 11.3 Å². The Bertz CT molecular complexity index is 993. The highest BCUT2D eigenvalue weighted by atomic mass is 32.1. The summed E-state index contributed by atoms with van der Waals surface area (Å²) in [6, 6.07) is 34.9. The van der Waals surface area contributed by atoms with Crippen LogP contribution in [0.25, 0.3) is 0 Å². The van der Waals surface area contributed by atoms with Crippen LogP contribution in [0, 0.1) is 0 Å². The van der Waals surface area contributed by atoms with Gasteiger partial charge >= 0.3 is 0 Å². The summed E-state index contributed by atoms with van der Waals surface area (Å²) in [6.45, 7) is 1.77. The molecule has 1 unspecified atom stereocenters. The van der Waals surface area contributed by atoms with E-state index < -0.39 is 5.54 Å². The maximum absolute atomic E-state index is 6.78. The largest absolute Gasteiger partial charge is 0.323 e. The second kappa shape index (κ2) is 8.19. The van der Waals surface area contributed by atoms with Crippen LogP contribution in [0.4, 0.5) is 0 Å². The lowest BCUT2D eigenvalue weighted by molar-refractivity contribution is 0.153. The number of hydrogen-bond donors (Lipinski definition) is 1. The van der Waals surface area contributed by atoms with Gasteiger partial charge in [0, 0.05) is 24.0 Å². The summed E-state index contributed by atoms with van der Waals surface area (Å²) in [4.78, 5) is 4.03. The Kier molecular flexibility index (Phi) is 5.26. The Hall–Kier alpha value is -2.72. The summed E-state index contributed by atoms with van der Waals surface area (Å²) in [6.07, 6.45) is 1.02. The van der Waals surface area contributed by atoms with E-state index in [1.807, 2.05) is 11.3 Å². The molecular weight excluding hydrogens is 384 g/mol. The lowest BCUT2D eigenvalue weighted by Crippen LogP contribution is -2.50. The number of hydrogen-bond acceptors (Lipinski definition) is 3. The first-order valence-corrected chi connectivity index (χ1v) is 11.4. The number of thiophene rings is 1. The van der Waals surface area contributed by atoms with Gasteiger partial charge in [-0.3, -0.25) is 4.90 Å². The van der Waals surface area contributed by atoms with Gasteiger partial charge in [-0.15, -0.1) is 11.3 Å². The normalized spacial score (nSPS) is 17.3. The predicted molar refractivity (Wildman–Crippen MR) is 126 cm³/mol. The standard InChI is InChI=1S/C27H26N2S/c28-25-20-29(18-16-26-24(25)17-19-30-26)27(21-10-4-1-5-11-21,22-12-6-2-7-13-22)23-14-8-3-9-15-23/h1-15,17,19,25H,16,18,20,28H2. The SMILES string of the molecule is NC1CN(C(c2ccccc2)(c2ccccc2)c2ccccc2)CCc2sccc21. The van der Waals surface area contributed by atoms with Gasteiger partial charge in [-0.2, -0.15) is 0 Å². The lowest BCUT2D eigenvalue weighted by atomic mass is 9.75. The maximum Gasteiger partial charge on any atom is 0.0973 e. The zero-order valence-electron chi connectivity index (χ0n) is 16.9. The van der Waals surface area contributed by atoms with Crippen molar-refractivity contribution >= 4 is 11.3 Å². The van der Waals surface area contributed by atoms with E-state index in [0.717, 1.165) is 19.5 Å². The number of fused-ring (bicyclic) bond motifs is 1. The predicted octanol–water partition coefficient (Wildman–Crippen LogP) is 5.60. The average Bonchev–Trinajstić information content (AvgIpc) is 3.23. The summed E-state index contributed by atoms with van der Waals surface area (Å²) in [5.74, 6) is 0. The van der Waals surface area contributed by atoms with Gasteiger partial charge in [0.15, 0.2) is 0 Å². The molecule has 150 valence electrons. The number of nitrogens with zero attached hydrogens (tertiary/aromatic N) is 1. The highest BCUT2D eigenvalue weighted by molar-refractivity contribution is 7.10. The minimum atomic E-state index is -0.393. The van der Waals surface area contributed by atoms with Gasteiger partial charge in [-0.05, 0) is 40.1 Å². The van der Waals surface area contributed by atoms with E-state index in [2.05, 4.69) is 107 Å². The van der Waals surface area contributed by atoms with Gasteiger partial charge < -0.3 is 5.73 Å². The van der Waals surface area contributed by atoms with E-state index >= 15 is 0 Å². The molecular formula is C27H26N2S. The third kappa shape index (κ3) is 3.20. The van der Waals surface area contributed by atoms with Crippen molar-refractivity contribution in [2.24, 2.45) is 5.73 Å². The molecule has 0 aliphatic carbocycles. The highest BCUT2D eigenvalue weighted by Gasteiger charge is 2.43. The first-order chi connectivity index (χ1) is 14.8. The zero-order valence-corrected chi connectivity index (χ0v) is 17.8. The van der Waals surface area contributed by atoms with Crippen LogP contribution in [0.3, 0.4) is 0 Å². The summed E-state index contributed by atoms with van der Waals surface area (Å²) < 4.78 is 0. The van der Waals surface area contributed by atoms with Gasteiger partial charge in [0.05, 0.1) is 5.54 Å². The van der Waals surface area contributed by atoms with Crippen molar-refractivity contribution in [1.29, 1.82) is 0 Å². The van der Waals surface area contributed by atoms with Crippen molar-refractivity contribution < 1.29 is 0 Å². The van der Waals surface area contributed by atoms with Crippen LogP contribution in [-0.2, 0) is 12.0 Å². The fourth-order valence-electron chi connectivity index (χ4n) is 4.94. The molecule has 0 spiro atoms. The number of rotatable bonds is 4. The summed E-state index contributed by atoms with van der Waals surface area (Å²) >= 11 is 1.84. The van der Waals surface area contributed by atoms with Crippen LogP contribution in [0.2, 0.25) is 0 Å². The third-order valence-electron chi connectivity index (χ3n) is 6.25. The molecule has 4 aromatic rings. The monoisotopic (exact) mass is 410 g/mol. The molecule has 0 fully saturated rings. The van der Waals surface area contributed by atoms with E-state index in [1.54, 1.807) is 0 Å². The van der Waals surface area contributed by atoms with Crippen LogP contribution in [-0.4, -0.2) is 18.0 Å². The molecule has 2 N–H and O–H groups in total. The molecule has 5 rings (SSSR count). The fraction of sp³-hybridized carbons (Fsp3) is 0.185. The van der Waals surface area contributed by atoms with Crippen molar-refractivity contribution in [2.45, 2.75) is 18.0 Å². The Labute approximate surface area is 182 Å². The van der Waals surface area contributed by atoms with Gasteiger partial charge in [0.1, 0.15) is 0 Å². The summed E-state index contributed by atoms with van der Waals surface area (Å²) in [5.41, 5.74) is 11.5. The minimum Gasteiger partial charge on any atom is -0.323 e. The van der Waals surface area contributed by atoms with Gasteiger partial charge in [-0.25, -0.2) is 0 Å². The molecule has 2 nitrogen and oxygen atoms in total. The van der Waals surface area contributed by atoms with Crippen molar-refractivity contribution in [2.75, 3.05) is 13.1 Å². The van der Waals surface area contributed by atoms with Crippen LogP contribution < -0.4 is 5.73 Å².